The first-order chi connectivity index (χ1) is 16.0. The monoisotopic (exact) mass is 456 g/mol. The highest BCUT2D eigenvalue weighted by Crippen LogP contribution is 2.39. The van der Waals surface area contributed by atoms with E-state index >= 15 is 0 Å². The Labute approximate surface area is 191 Å². The van der Waals surface area contributed by atoms with E-state index in [1.165, 1.54) is 6.07 Å². The smallest absolute Gasteiger partial charge is 0.252 e. The van der Waals surface area contributed by atoms with E-state index in [-0.39, 0.29) is 5.56 Å². The van der Waals surface area contributed by atoms with Crippen LogP contribution in [0.3, 0.4) is 0 Å². The highest BCUT2D eigenvalue weighted by Gasteiger charge is 2.23. The third-order valence-electron chi connectivity index (χ3n) is 4.74. The number of nitrogens with one attached hydrogen (secondary N) is 1. The third kappa shape index (κ3) is 5.77. The molecule has 1 aromatic heterocycles. The first-order valence-electron chi connectivity index (χ1n) is 10.7. The van der Waals surface area contributed by atoms with Gasteiger partial charge >= 0.3 is 0 Å². The summed E-state index contributed by atoms with van der Waals surface area (Å²) in [7, 11) is 0. The molecule has 174 valence electrons. The molecule has 33 heavy (non-hydrogen) atoms. The Kier molecular flexibility index (Phi) is 8.18. The van der Waals surface area contributed by atoms with E-state index < -0.39 is 23.6 Å². The van der Waals surface area contributed by atoms with Crippen molar-refractivity contribution in [2.24, 2.45) is 0 Å². The molecule has 0 bridgehead atoms. The van der Waals surface area contributed by atoms with Gasteiger partial charge in [-0.15, -0.1) is 0 Å². The van der Waals surface area contributed by atoms with Crippen LogP contribution in [0.1, 0.15) is 48.3 Å². The van der Waals surface area contributed by atoms with Gasteiger partial charge in [-0.05, 0) is 62.2 Å². The fraction of sp³-hybridized carbons (Fsp3) is 0.280. The highest BCUT2D eigenvalue weighted by molar-refractivity contribution is 5.96. The summed E-state index contributed by atoms with van der Waals surface area (Å²) in [5.74, 6) is -1.26. The number of halogens is 2. The summed E-state index contributed by atoms with van der Waals surface area (Å²) >= 11 is 0. The van der Waals surface area contributed by atoms with Crippen molar-refractivity contribution in [2.45, 2.75) is 26.8 Å². The number of hydrogen-bond donors (Lipinski definition) is 1. The number of pyridine rings is 1. The van der Waals surface area contributed by atoms with E-state index in [1.807, 2.05) is 20.8 Å². The SMILES string of the molecule is CCOc1cc(C(=O)NC(c2cccnc2)c2ccc(F)c(F)c2)cc(OCC)c1OCC. The number of carbonyl (C=O) groups is 1. The largest absolute Gasteiger partial charge is 0.490 e. The summed E-state index contributed by atoms with van der Waals surface area (Å²) in [6, 6.07) is 9.32. The molecule has 0 spiro atoms. The molecule has 0 fully saturated rings. The van der Waals surface area contributed by atoms with Crippen molar-refractivity contribution in [3.05, 3.63) is 83.2 Å². The number of hydrogen-bond acceptors (Lipinski definition) is 5. The zero-order valence-electron chi connectivity index (χ0n) is 18.7. The molecule has 1 heterocycles. The molecule has 0 radical (unpaired) electrons. The van der Waals surface area contributed by atoms with Crippen LogP contribution in [-0.4, -0.2) is 30.7 Å². The lowest BCUT2D eigenvalue weighted by molar-refractivity contribution is 0.0941. The van der Waals surface area contributed by atoms with Crippen molar-refractivity contribution < 1.29 is 27.8 Å². The van der Waals surface area contributed by atoms with Crippen molar-refractivity contribution >= 4 is 5.91 Å². The lowest BCUT2D eigenvalue weighted by atomic mass is 9.99. The maximum atomic E-state index is 14.0. The average molecular weight is 456 g/mol. The number of benzene rings is 2. The molecule has 0 aliphatic rings. The maximum Gasteiger partial charge on any atom is 0.252 e. The molecule has 1 unspecified atom stereocenters. The average Bonchev–Trinajstić information content (AvgIpc) is 2.82. The quantitative estimate of drug-likeness (QED) is 0.461. The summed E-state index contributed by atoms with van der Waals surface area (Å²) in [5.41, 5.74) is 1.25. The Morgan fingerprint density at radius 1 is 0.909 bits per heavy atom. The summed E-state index contributed by atoms with van der Waals surface area (Å²) < 4.78 is 44.5. The molecule has 0 saturated carbocycles. The van der Waals surface area contributed by atoms with Crippen LogP contribution in [0.4, 0.5) is 8.78 Å². The van der Waals surface area contributed by atoms with Crippen LogP contribution in [0.5, 0.6) is 17.2 Å². The molecule has 3 rings (SSSR count). The van der Waals surface area contributed by atoms with Gasteiger partial charge < -0.3 is 19.5 Å². The molecule has 0 aliphatic heterocycles. The van der Waals surface area contributed by atoms with Crippen molar-refractivity contribution in [2.75, 3.05) is 19.8 Å². The molecular formula is C25H26F2N2O4. The van der Waals surface area contributed by atoms with E-state index in [0.717, 1.165) is 12.1 Å². The lowest BCUT2D eigenvalue weighted by Crippen LogP contribution is -2.29. The van der Waals surface area contributed by atoms with E-state index in [9.17, 15) is 13.6 Å². The molecule has 1 amide bonds. The van der Waals surface area contributed by atoms with Crippen molar-refractivity contribution in [1.29, 1.82) is 0 Å². The van der Waals surface area contributed by atoms with Crippen molar-refractivity contribution in [3.63, 3.8) is 0 Å². The van der Waals surface area contributed by atoms with E-state index in [0.29, 0.717) is 48.2 Å². The van der Waals surface area contributed by atoms with Gasteiger partial charge in [0.1, 0.15) is 0 Å². The number of carbonyl (C=O) groups excluding carboxylic acids is 1. The van der Waals surface area contributed by atoms with Crippen molar-refractivity contribution in [1.82, 2.24) is 10.3 Å². The molecule has 8 heteroatoms. The normalized spacial score (nSPS) is 11.5. The van der Waals surface area contributed by atoms with Crippen molar-refractivity contribution in [3.8, 4) is 17.2 Å². The molecule has 6 nitrogen and oxygen atoms in total. The van der Waals surface area contributed by atoms with Gasteiger partial charge in [0.25, 0.3) is 5.91 Å². The predicted molar refractivity (Wildman–Crippen MR) is 120 cm³/mol. The van der Waals surface area contributed by atoms with Gasteiger partial charge in [0, 0.05) is 18.0 Å². The fourth-order valence-corrected chi connectivity index (χ4v) is 3.33. The standard InChI is InChI=1S/C25H26F2N2O4/c1-4-31-21-13-18(14-22(32-5-2)24(21)33-6-3)25(30)29-23(17-8-7-11-28-15-17)16-9-10-19(26)20(27)12-16/h7-15,23H,4-6H2,1-3H3,(H,29,30). The second-order valence-electron chi connectivity index (χ2n) is 6.97. The number of amides is 1. The number of aromatic nitrogens is 1. The van der Waals surface area contributed by atoms with E-state index in [1.54, 1.807) is 36.7 Å². The maximum absolute atomic E-state index is 14.0. The molecule has 1 atom stereocenters. The van der Waals surface area contributed by atoms with E-state index in [4.69, 9.17) is 14.2 Å². The molecule has 1 N–H and O–H groups in total. The Morgan fingerprint density at radius 2 is 1.58 bits per heavy atom. The molecule has 2 aromatic carbocycles. The summed E-state index contributed by atoms with van der Waals surface area (Å²) in [4.78, 5) is 17.4. The topological polar surface area (TPSA) is 69.7 Å². The Balaban J connectivity index is 2.01. The summed E-state index contributed by atoms with van der Waals surface area (Å²) in [5, 5.41) is 2.88. The Hall–Kier alpha value is -3.68. The van der Waals surface area contributed by atoms with Crippen LogP contribution in [0.25, 0.3) is 0 Å². The third-order valence-corrected chi connectivity index (χ3v) is 4.74. The van der Waals surface area contributed by atoms with Gasteiger partial charge in [0.05, 0.1) is 25.9 Å². The summed E-state index contributed by atoms with van der Waals surface area (Å²) in [6.45, 7) is 6.61. The Bertz CT molecular complexity index is 1070. The van der Waals surface area contributed by atoms with Gasteiger partial charge in [0.2, 0.25) is 5.75 Å². The predicted octanol–water partition coefficient (Wildman–Crippen LogP) is 5.08. The number of ether oxygens (including phenoxy) is 3. The lowest BCUT2D eigenvalue weighted by Gasteiger charge is -2.21. The highest BCUT2D eigenvalue weighted by atomic mass is 19.2. The first-order valence-corrected chi connectivity index (χ1v) is 10.7. The first kappa shape index (κ1) is 24.0. The minimum Gasteiger partial charge on any atom is -0.490 e. The van der Waals surface area contributed by atoms with Gasteiger partial charge in [0.15, 0.2) is 23.1 Å². The van der Waals surface area contributed by atoms with Crippen LogP contribution < -0.4 is 19.5 Å². The molecule has 3 aromatic rings. The number of nitrogens with zero attached hydrogens (tertiary/aromatic N) is 1. The molecular weight excluding hydrogens is 430 g/mol. The van der Waals surface area contributed by atoms with E-state index in [2.05, 4.69) is 10.3 Å². The minimum atomic E-state index is -1.01. The molecule has 0 aliphatic carbocycles. The Morgan fingerprint density at radius 3 is 2.12 bits per heavy atom. The minimum absolute atomic E-state index is 0.266. The van der Waals surface area contributed by atoms with Gasteiger partial charge in [-0.3, -0.25) is 9.78 Å². The van der Waals surface area contributed by atoms with Crippen LogP contribution in [-0.2, 0) is 0 Å². The fourth-order valence-electron chi connectivity index (χ4n) is 3.33. The number of rotatable bonds is 10. The van der Waals surface area contributed by atoms with Crippen LogP contribution >= 0.6 is 0 Å². The van der Waals surface area contributed by atoms with Gasteiger partial charge in [-0.1, -0.05) is 12.1 Å². The summed E-state index contributed by atoms with van der Waals surface area (Å²) in [6.07, 6.45) is 3.14. The zero-order valence-corrected chi connectivity index (χ0v) is 18.7. The van der Waals surface area contributed by atoms with Crippen LogP contribution in [0.2, 0.25) is 0 Å². The van der Waals surface area contributed by atoms with Crippen LogP contribution in [0, 0.1) is 11.6 Å². The molecule has 0 saturated heterocycles. The zero-order chi connectivity index (χ0) is 23.8. The second-order valence-corrected chi connectivity index (χ2v) is 6.97. The van der Waals surface area contributed by atoms with Gasteiger partial charge in [-0.2, -0.15) is 0 Å². The van der Waals surface area contributed by atoms with Crippen LogP contribution in [0.15, 0.2) is 54.9 Å². The van der Waals surface area contributed by atoms with Gasteiger partial charge in [-0.25, -0.2) is 8.78 Å². The second kappa shape index (κ2) is 11.3.